The molecule has 1 atom stereocenters. The van der Waals surface area contributed by atoms with Crippen molar-refractivity contribution in [2.45, 2.75) is 13.3 Å². The number of carbonyl (C=O) groups is 1. The van der Waals surface area contributed by atoms with Gasteiger partial charge in [0, 0.05) is 28.0 Å². The van der Waals surface area contributed by atoms with E-state index < -0.39 is 11.9 Å². The summed E-state index contributed by atoms with van der Waals surface area (Å²) in [4.78, 5) is 11.4. The smallest absolute Gasteiger partial charge is 0.306 e. The monoisotopic (exact) mass is 361 g/mol. The second-order valence-corrected chi connectivity index (χ2v) is 6.87. The van der Waals surface area contributed by atoms with E-state index in [4.69, 9.17) is 23.2 Å². The van der Waals surface area contributed by atoms with Gasteiger partial charge in [-0.15, -0.1) is 0 Å². The third kappa shape index (κ3) is 3.02. The molecule has 2 aromatic carbocycles. The Kier molecular flexibility index (Phi) is 4.57. The number of nitrogens with zero attached hydrogens (tertiary/aromatic N) is 1. The van der Waals surface area contributed by atoms with Crippen molar-refractivity contribution >= 4 is 40.1 Å². The topological polar surface area (TPSA) is 42.2 Å². The predicted molar refractivity (Wildman–Crippen MR) is 98.9 cm³/mol. The first-order valence-corrected chi connectivity index (χ1v) is 8.39. The molecule has 0 saturated carbocycles. The first kappa shape index (κ1) is 16.9. The molecule has 1 N–H and O–H groups in total. The highest BCUT2D eigenvalue weighted by Crippen LogP contribution is 2.36. The molecule has 0 aliphatic heterocycles. The van der Waals surface area contributed by atoms with E-state index in [1.54, 1.807) is 6.92 Å². The van der Waals surface area contributed by atoms with Crippen LogP contribution in [0.25, 0.3) is 22.2 Å². The molecule has 0 amide bonds. The first-order valence-electron chi connectivity index (χ1n) is 7.64. The van der Waals surface area contributed by atoms with Crippen molar-refractivity contribution in [3.63, 3.8) is 0 Å². The maximum atomic E-state index is 11.4. The van der Waals surface area contributed by atoms with Crippen LogP contribution < -0.4 is 0 Å². The summed E-state index contributed by atoms with van der Waals surface area (Å²) in [6.07, 6.45) is 0.435. The van der Waals surface area contributed by atoms with Crippen molar-refractivity contribution in [1.29, 1.82) is 0 Å². The van der Waals surface area contributed by atoms with E-state index >= 15 is 0 Å². The van der Waals surface area contributed by atoms with E-state index in [2.05, 4.69) is 4.57 Å². The Bertz CT molecular complexity index is 913. The van der Waals surface area contributed by atoms with Crippen molar-refractivity contribution in [2.24, 2.45) is 13.0 Å². The van der Waals surface area contributed by atoms with Gasteiger partial charge in [0.2, 0.25) is 0 Å². The summed E-state index contributed by atoms with van der Waals surface area (Å²) in [5.41, 5.74) is 4.02. The van der Waals surface area contributed by atoms with Crippen LogP contribution in [-0.4, -0.2) is 15.6 Å². The van der Waals surface area contributed by atoms with Crippen molar-refractivity contribution in [3.8, 4) is 11.3 Å². The normalized spacial score (nSPS) is 12.5. The highest BCUT2D eigenvalue weighted by molar-refractivity contribution is 6.31. The minimum absolute atomic E-state index is 0.435. The molecule has 0 aliphatic rings. The Morgan fingerprint density at radius 3 is 2.38 bits per heavy atom. The third-order valence-corrected chi connectivity index (χ3v) is 4.80. The molecule has 124 valence electrons. The zero-order valence-corrected chi connectivity index (χ0v) is 14.9. The Balaban J connectivity index is 2.27. The van der Waals surface area contributed by atoms with Crippen LogP contribution in [0.3, 0.4) is 0 Å². The molecular formula is C19H17Cl2NO2. The van der Waals surface area contributed by atoms with Crippen LogP contribution in [-0.2, 0) is 18.3 Å². The molecule has 0 radical (unpaired) electrons. The molecule has 0 bridgehead atoms. The van der Waals surface area contributed by atoms with Crippen LogP contribution in [0.5, 0.6) is 0 Å². The zero-order chi connectivity index (χ0) is 17.4. The summed E-state index contributed by atoms with van der Waals surface area (Å²) in [5, 5.41) is 11.6. The number of carboxylic acid groups (broad SMARTS) is 1. The lowest BCUT2D eigenvalue weighted by atomic mass is 9.96. The molecule has 0 saturated heterocycles. The van der Waals surface area contributed by atoms with E-state index in [1.165, 1.54) is 0 Å². The lowest BCUT2D eigenvalue weighted by Crippen LogP contribution is -2.12. The Labute approximate surface area is 150 Å². The van der Waals surface area contributed by atoms with Crippen LogP contribution in [0.4, 0.5) is 0 Å². The number of rotatable bonds is 4. The molecule has 1 heterocycles. The number of fused-ring (bicyclic) bond motifs is 1. The van der Waals surface area contributed by atoms with Crippen molar-refractivity contribution < 1.29 is 9.90 Å². The Hall–Kier alpha value is -1.97. The number of aryl methyl sites for hydroxylation is 1. The second-order valence-electron chi connectivity index (χ2n) is 6.00. The third-order valence-electron chi connectivity index (χ3n) is 4.32. The van der Waals surface area contributed by atoms with Crippen molar-refractivity contribution in [3.05, 3.63) is 58.1 Å². The summed E-state index contributed by atoms with van der Waals surface area (Å²) in [6.45, 7) is 1.72. The number of aliphatic carboxylic acids is 1. The van der Waals surface area contributed by atoms with E-state index in [1.807, 2.05) is 49.5 Å². The second kappa shape index (κ2) is 6.50. The van der Waals surface area contributed by atoms with Crippen molar-refractivity contribution in [2.75, 3.05) is 0 Å². The minimum Gasteiger partial charge on any atom is -0.481 e. The minimum atomic E-state index is -0.809. The van der Waals surface area contributed by atoms with Gasteiger partial charge in [-0.25, -0.2) is 0 Å². The van der Waals surface area contributed by atoms with Gasteiger partial charge in [-0.05, 0) is 47.9 Å². The summed E-state index contributed by atoms with van der Waals surface area (Å²) in [7, 11) is 1.98. The van der Waals surface area contributed by atoms with Crippen molar-refractivity contribution in [1.82, 2.24) is 4.57 Å². The molecule has 5 heteroatoms. The predicted octanol–water partition coefficient (Wildman–Crippen LogP) is 5.42. The largest absolute Gasteiger partial charge is 0.481 e. The van der Waals surface area contributed by atoms with Crippen LogP contribution >= 0.6 is 23.2 Å². The molecule has 3 nitrogen and oxygen atoms in total. The maximum absolute atomic E-state index is 11.4. The Morgan fingerprint density at radius 2 is 1.75 bits per heavy atom. The summed E-state index contributed by atoms with van der Waals surface area (Å²) < 4.78 is 2.08. The standard InChI is InChI=1S/C19H17Cl2NO2/c1-11(19(23)24)9-16-15-10-14(21)7-8-17(15)22(2)18(16)12-3-5-13(20)6-4-12/h3-8,10-11H,9H2,1-2H3,(H,23,24). The lowest BCUT2D eigenvalue weighted by molar-refractivity contribution is -0.141. The maximum Gasteiger partial charge on any atom is 0.306 e. The van der Waals surface area contributed by atoms with Gasteiger partial charge in [0.15, 0.2) is 0 Å². The molecule has 0 aliphatic carbocycles. The highest BCUT2D eigenvalue weighted by Gasteiger charge is 2.21. The molecule has 1 aromatic heterocycles. The van der Waals surface area contributed by atoms with Crippen LogP contribution in [0, 0.1) is 5.92 Å². The van der Waals surface area contributed by atoms with Crippen LogP contribution in [0.2, 0.25) is 10.0 Å². The van der Waals surface area contributed by atoms with Gasteiger partial charge >= 0.3 is 5.97 Å². The molecular weight excluding hydrogens is 345 g/mol. The van der Waals surface area contributed by atoms with E-state index in [0.717, 1.165) is 27.7 Å². The number of hydrogen-bond donors (Lipinski definition) is 1. The van der Waals surface area contributed by atoms with Gasteiger partial charge in [0.1, 0.15) is 0 Å². The van der Waals surface area contributed by atoms with E-state index in [9.17, 15) is 9.90 Å². The summed E-state index contributed by atoms with van der Waals surface area (Å²) >= 11 is 12.2. The van der Waals surface area contributed by atoms with E-state index in [0.29, 0.717) is 16.5 Å². The number of benzene rings is 2. The van der Waals surface area contributed by atoms with Gasteiger partial charge in [0.05, 0.1) is 11.6 Å². The van der Waals surface area contributed by atoms with Gasteiger partial charge < -0.3 is 9.67 Å². The lowest BCUT2D eigenvalue weighted by Gasteiger charge is -2.11. The van der Waals surface area contributed by atoms with Gasteiger partial charge in [-0.2, -0.15) is 0 Å². The van der Waals surface area contributed by atoms with Gasteiger partial charge in [0.25, 0.3) is 0 Å². The fourth-order valence-electron chi connectivity index (χ4n) is 3.07. The number of carboxylic acids is 1. The molecule has 3 rings (SSSR count). The zero-order valence-electron chi connectivity index (χ0n) is 13.4. The fourth-order valence-corrected chi connectivity index (χ4v) is 3.37. The van der Waals surface area contributed by atoms with Crippen LogP contribution in [0.15, 0.2) is 42.5 Å². The quantitative estimate of drug-likeness (QED) is 0.674. The number of hydrogen-bond acceptors (Lipinski definition) is 1. The fraction of sp³-hybridized carbons (Fsp3) is 0.211. The van der Waals surface area contributed by atoms with Gasteiger partial charge in [-0.1, -0.05) is 42.3 Å². The Morgan fingerprint density at radius 1 is 1.12 bits per heavy atom. The molecule has 3 aromatic rings. The SMILES string of the molecule is CC(Cc1c(-c2ccc(Cl)cc2)n(C)c2ccc(Cl)cc12)C(=O)O. The average Bonchev–Trinajstić information content (AvgIpc) is 2.80. The first-order chi connectivity index (χ1) is 11.4. The highest BCUT2D eigenvalue weighted by atomic mass is 35.5. The number of aromatic nitrogens is 1. The number of halogens is 2. The summed E-state index contributed by atoms with van der Waals surface area (Å²) in [6, 6.07) is 13.3. The molecule has 24 heavy (non-hydrogen) atoms. The average molecular weight is 362 g/mol. The van der Waals surface area contributed by atoms with E-state index in [-0.39, 0.29) is 0 Å². The molecule has 0 spiro atoms. The molecule has 0 fully saturated rings. The molecule has 1 unspecified atom stereocenters. The van der Waals surface area contributed by atoms with Gasteiger partial charge in [-0.3, -0.25) is 4.79 Å². The van der Waals surface area contributed by atoms with Crippen LogP contribution in [0.1, 0.15) is 12.5 Å². The summed E-state index contributed by atoms with van der Waals surface area (Å²) in [5.74, 6) is -1.29.